The molecule has 0 unspecified atom stereocenters. The zero-order valence-electron chi connectivity index (χ0n) is 14.7. The normalized spacial score (nSPS) is 11.2. The molecule has 0 bridgehead atoms. The molecular weight excluding hydrogens is 345 g/mol. The largest absolute Gasteiger partial charge is 0.444 e. The summed E-state index contributed by atoms with van der Waals surface area (Å²) in [5.74, 6) is 0. The van der Waals surface area contributed by atoms with Crippen LogP contribution in [0, 0.1) is 11.3 Å². The Balaban J connectivity index is 2.05. The molecule has 0 fully saturated rings. The smallest absolute Gasteiger partial charge is 0.413 e. The number of hydrogen-bond acceptors (Lipinski definition) is 5. The Labute approximate surface area is 157 Å². The van der Waals surface area contributed by atoms with Gasteiger partial charge < -0.3 is 4.74 Å². The summed E-state index contributed by atoms with van der Waals surface area (Å²) in [6.07, 6.45) is -0.567. The standard InChI is InChI=1S/C19H16BN3O2S/c1-19(2,3)25-18(24)23-17-22-16-14(12-5-4-6-13(20)9-12)7-11(10-21)8-15(16)26-17/h4-9H,1-3H3,(H,22,23,24). The lowest BCUT2D eigenvalue weighted by Gasteiger charge is -2.18. The van der Waals surface area contributed by atoms with E-state index in [-0.39, 0.29) is 0 Å². The molecule has 2 radical (unpaired) electrons. The second-order valence-electron chi connectivity index (χ2n) is 6.75. The van der Waals surface area contributed by atoms with Gasteiger partial charge in [-0.2, -0.15) is 5.26 Å². The highest BCUT2D eigenvalue weighted by Gasteiger charge is 2.18. The number of anilines is 1. The fraction of sp³-hybridized carbons (Fsp3) is 0.211. The molecule has 128 valence electrons. The molecule has 0 atom stereocenters. The van der Waals surface area contributed by atoms with Crippen LogP contribution in [0.1, 0.15) is 26.3 Å². The Morgan fingerprint density at radius 1 is 1.31 bits per heavy atom. The van der Waals surface area contributed by atoms with Gasteiger partial charge in [-0.05, 0) is 38.5 Å². The molecule has 1 amide bonds. The van der Waals surface area contributed by atoms with Crippen LogP contribution in [0.5, 0.6) is 0 Å². The van der Waals surface area contributed by atoms with E-state index in [1.165, 1.54) is 11.3 Å². The first kappa shape index (κ1) is 18.0. The van der Waals surface area contributed by atoms with E-state index in [1.807, 2.05) is 18.2 Å². The molecule has 2 aromatic carbocycles. The molecule has 3 rings (SSSR count). The van der Waals surface area contributed by atoms with Crippen molar-refractivity contribution in [3.8, 4) is 17.2 Å². The molecule has 0 aliphatic carbocycles. The number of ether oxygens (including phenoxy) is 1. The van der Waals surface area contributed by atoms with Crippen LogP contribution in [0.3, 0.4) is 0 Å². The van der Waals surface area contributed by atoms with Gasteiger partial charge in [0.05, 0.1) is 21.8 Å². The van der Waals surface area contributed by atoms with Crippen LogP contribution in [-0.2, 0) is 4.74 Å². The quantitative estimate of drug-likeness (QED) is 0.701. The minimum Gasteiger partial charge on any atom is -0.444 e. The number of nitrogens with zero attached hydrogens (tertiary/aromatic N) is 2. The van der Waals surface area contributed by atoms with Gasteiger partial charge in [0.15, 0.2) is 5.13 Å². The van der Waals surface area contributed by atoms with Crippen molar-refractivity contribution in [2.75, 3.05) is 5.32 Å². The van der Waals surface area contributed by atoms with E-state index in [0.717, 1.165) is 15.8 Å². The van der Waals surface area contributed by atoms with Crippen molar-refractivity contribution in [2.24, 2.45) is 0 Å². The van der Waals surface area contributed by atoms with Gasteiger partial charge in [0.2, 0.25) is 0 Å². The monoisotopic (exact) mass is 361 g/mol. The minimum absolute atomic E-state index is 0.412. The summed E-state index contributed by atoms with van der Waals surface area (Å²) in [6, 6.07) is 13.1. The summed E-state index contributed by atoms with van der Waals surface area (Å²) < 4.78 is 6.06. The number of nitriles is 1. The molecule has 3 aromatic rings. The van der Waals surface area contributed by atoms with Crippen LogP contribution in [0.15, 0.2) is 36.4 Å². The number of carbonyl (C=O) groups is 1. The third-order valence-electron chi connectivity index (χ3n) is 3.43. The number of fused-ring (bicyclic) bond motifs is 1. The van der Waals surface area contributed by atoms with Crippen molar-refractivity contribution in [2.45, 2.75) is 26.4 Å². The number of rotatable bonds is 2. The van der Waals surface area contributed by atoms with Crippen LogP contribution in [0.2, 0.25) is 0 Å². The van der Waals surface area contributed by atoms with Gasteiger partial charge in [0.1, 0.15) is 13.4 Å². The molecular formula is C19H16BN3O2S. The molecule has 1 N–H and O–H groups in total. The first-order valence-corrected chi connectivity index (χ1v) is 8.77. The van der Waals surface area contributed by atoms with Crippen molar-refractivity contribution in [3.05, 3.63) is 42.0 Å². The van der Waals surface area contributed by atoms with Crippen molar-refractivity contribution < 1.29 is 9.53 Å². The van der Waals surface area contributed by atoms with Gasteiger partial charge in [-0.25, -0.2) is 9.78 Å². The highest BCUT2D eigenvalue weighted by atomic mass is 32.1. The minimum atomic E-state index is -0.596. The maximum atomic E-state index is 12.0. The Kier molecular flexibility index (Phi) is 4.70. The molecule has 0 saturated carbocycles. The van der Waals surface area contributed by atoms with Crippen molar-refractivity contribution in [1.29, 1.82) is 5.26 Å². The third-order valence-corrected chi connectivity index (χ3v) is 4.35. The highest BCUT2D eigenvalue weighted by Crippen LogP contribution is 2.35. The zero-order chi connectivity index (χ0) is 18.9. The fourth-order valence-corrected chi connectivity index (χ4v) is 3.38. The Bertz CT molecular complexity index is 1030. The first-order chi connectivity index (χ1) is 12.2. The number of benzene rings is 2. The van der Waals surface area contributed by atoms with Crippen LogP contribution in [0.25, 0.3) is 21.3 Å². The first-order valence-electron chi connectivity index (χ1n) is 7.96. The molecule has 0 spiro atoms. The number of hydrogen-bond donors (Lipinski definition) is 1. The van der Waals surface area contributed by atoms with Crippen molar-refractivity contribution in [1.82, 2.24) is 4.98 Å². The lowest BCUT2D eigenvalue weighted by molar-refractivity contribution is 0.0636. The van der Waals surface area contributed by atoms with E-state index in [4.69, 9.17) is 12.6 Å². The highest BCUT2D eigenvalue weighted by molar-refractivity contribution is 7.22. The maximum absolute atomic E-state index is 12.0. The predicted octanol–water partition coefficient (Wildman–Crippen LogP) is 3.98. The van der Waals surface area contributed by atoms with Crippen molar-refractivity contribution in [3.63, 3.8) is 0 Å². The van der Waals surface area contributed by atoms with Crippen LogP contribution >= 0.6 is 11.3 Å². The number of aromatic nitrogens is 1. The Morgan fingerprint density at radius 2 is 2.08 bits per heavy atom. The lowest BCUT2D eigenvalue weighted by atomic mass is 9.92. The average molecular weight is 361 g/mol. The summed E-state index contributed by atoms with van der Waals surface area (Å²) in [6.45, 7) is 5.38. The van der Waals surface area contributed by atoms with Crippen molar-refractivity contribution >= 4 is 46.1 Å². The summed E-state index contributed by atoms with van der Waals surface area (Å²) >= 11 is 1.29. The number of carbonyl (C=O) groups excluding carboxylic acids is 1. The molecule has 1 heterocycles. The second kappa shape index (κ2) is 6.81. The van der Waals surface area contributed by atoms with Gasteiger partial charge in [-0.15, -0.1) is 0 Å². The second-order valence-corrected chi connectivity index (χ2v) is 7.78. The van der Waals surface area contributed by atoms with Gasteiger partial charge in [-0.1, -0.05) is 41.1 Å². The van der Waals surface area contributed by atoms with E-state index in [9.17, 15) is 10.1 Å². The molecule has 0 aliphatic rings. The zero-order valence-corrected chi connectivity index (χ0v) is 15.5. The SMILES string of the molecule is [B]c1cccc(-c2cc(C#N)cc3sc(NC(=O)OC(C)(C)C)nc23)c1. The Hall–Kier alpha value is -2.85. The fourth-order valence-electron chi connectivity index (χ4n) is 2.46. The van der Waals surface area contributed by atoms with Gasteiger partial charge in [0, 0.05) is 5.56 Å². The van der Waals surface area contributed by atoms with E-state index in [0.29, 0.717) is 21.7 Å². The molecule has 0 saturated heterocycles. The summed E-state index contributed by atoms with van der Waals surface area (Å²) in [4.78, 5) is 16.5. The molecule has 5 nitrogen and oxygen atoms in total. The number of amides is 1. The predicted molar refractivity (Wildman–Crippen MR) is 105 cm³/mol. The van der Waals surface area contributed by atoms with Gasteiger partial charge in [0.25, 0.3) is 0 Å². The lowest BCUT2D eigenvalue weighted by Crippen LogP contribution is -2.27. The summed E-state index contributed by atoms with van der Waals surface area (Å²) in [7, 11) is 5.88. The van der Waals surface area contributed by atoms with E-state index >= 15 is 0 Å². The van der Waals surface area contributed by atoms with Crippen LogP contribution < -0.4 is 10.8 Å². The van der Waals surface area contributed by atoms with E-state index in [2.05, 4.69) is 16.4 Å². The van der Waals surface area contributed by atoms with Gasteiger partial charge >= 0.3 is 6.09 Å². The maximum Gasteiger partial charge on any atom is 0.413 e. The summed E-state index contributed by atoms with van der Waals surface area (Å²) in [5, 5.41) is 12.4. The number of thiazole rings is 1. The Morgan fingerprint density at radius 3 is 2.73 bits per heavy atom. The van der Waals surface area contributed by atoms with E-state index in [1.54, 1.807) is 39.0 Å². The molecule has 0 aliphatic heterocycles. The average Bonchev–Trinajstić information content (AvgIpc) is 2.93. The van der Waals surface area contributed by atoms with Crippen LogP contribution in [0.4, 0.5) is 9.93 Å². The third kappa shape index (κ3) is 4.03. The topological polar surface area (TPSA) is 75.0 Å². The van der Waals surface area contributed by atoms with Gasteiger partial charge in [-0.3, -0.25) is 5.32 Å². The molecule has 1 aromatic heterocycles. The number of nitrogens with one attached hydrogen (secondary N) is 1. The molecule has 7 heteroatoms. The van der Waals surface area contributed by atoms with Crippen LogP contribution in [-0.4, -0.2) is 24.5 Å². The summed E-state index contributed by atoms with van der Waals surface area (Å²) in [5.41, 5.74) is 2.90. The van der Waals surface area contributed by atoms with E-state index < -0.39 is 11.7 Å². The molecule has 26 heavy (non-hydrogen) atoms.